The van der Waals surface area contributed by atoms with E-state index >= 15 is 0 Å². The normalized spacial score (nSPS) is 25.1. The average Bonchev–Trinajstić information content (AvgIpc) is 3.54. The fourth-order valence-electron chi connectivity index (χ4n) is 5.87. The lowest BCUT2D eigenvalue weighted by atomic mass is 10.0. The minimum atomic E-state index is -4.28. The Morgan fingerprint density at radius 1 is 1.09 bits per heavy atom. The number of fused-ring (bicyclic) bond motifs is 2. The molecule has 0 aromatic heterocycles. The number of primary amides is 1. The Hall–Kier alpha value is -4.03. The van der Waals surface area contributed by atoms with Crippen LogP contribution >= 0.6 is 7.75 Å². The van der Waals surface area contributed by atoms with Gasteiger partial charge in [-0.2, -0.15) is 5.09 Å². The fourth-order valence-corrected chi connectivity index (χ4v) is 7.39. The number of amides is 1. The van der Waals surface area contributed by atoms with E-state index in [0.29, 0.717) is 23.1 Å². The first kappa shape index (κ1) is 32.9. The van der Waals surface area contributed by atoms with Crippen LogP contribution in [0.1, 0.15) is 32.8 Å². The van der Waals surface area contributed by atoms with Crippen molar-refractivity contribution < 1.29 is 42.1 Å². The van der Waals surface area contributed by atoms with Crippen molar-refractivity contribution in [1.29, 1.82) is 0 Å². The molecule has 12 nitrogen and oxygen atoms in total. The zero-order valence-corrected chi connectivity index (χ0v) is 27.3. The van der Waals surface area contributed by atoms with Crippen molar-refractivity contribution in [3.05, 3.63) is 102 Å². The summed E-state index contributed by atoms with van der Waals surface area (Å²) in [6, 6.07) is 21.0. The molecule has 5 atom stereocenters. The molecule has 3 N–H and O–H groups in total. The first-order valence-corrected chi connectivity index (χ1v) is 16.9. The molecule has 0 saturated carbocycles. The summed E-state index contributed by atoms with van der Waals surface area (Å²) in [6.45, 7) is 4.91. The van der Waals surface area contributed by atoms with Crippen molar-refractivity contribution in [1.82, 2.24) is 9.99 Å². The van der Waals surface area contributed by atoms with Crippen LogP contribution in [0.2, 0.25) is 0 Å². The van der Waals surface area contributed by atoms with Gasteiger partial charge in [0.2, 0.25) is 5.91 Å². The van der Waals surface area contributed by atoms with Gasteiger partial charge in [0, 0.05) is 23.4 Å². The SMILES string of the molecule is CC(NP(=O)(OCC1OCC2(N3C=CCC(C(N)=O)=C3)OC(C)(C)O[C@H]12)Oc1cccc2ccccc12)C(=O)OCc1ccccc1. The van der Waals surface area contributed by atoms with Crippen LogP contribution in [-0.4, -0.2) is 59.8 Å². The van der Waals surface area contributed by atoms with Gasteiger partial charge in [-0.05, 0) is 44.2 Å². The molecule has 2 saturated heterocycles. The Morgan fingerprint density at radius 2 is 1.83 bits per heavy atom. The largest absolute Gasteiger partial charge is 0.460 e. The van der Waals surface area contributed by atoms with E-state index in [1.807, 2.05) is 60.7 Å². The summed E-state index contributed by atoms with van der Waals surface area (Å²) in [5.74, 6) is -1.90. The molecule has 2 fully saturated rings. The van der Waals surface area contributed by atoms with Gasteiger partial charge in [-0.1, -0.05) is 72.8 Å². The van der Waals surface area contributed by atoms with Crippen LogP contribution in [0, 0.1) is 0 Å². The number of carbonyl (C=O) groups is 2. The number of benzene rings is 3. The zero-order valence-electron chi connectivity index (χ0n) is 26.4. The smallest absolute Gasteiger partial charge is 0.459 e. The standard InChI is InChI=1S/C34H38N3O9P/c1-23(32(39)41-20-24-11-5-4-6-12-24)36-47(40,45-28-17-9-14-25-13-7-8-16-27(25)28)43-21-29-30-34(22-42-29,46-33(2,3)44-30)37-18-10-15-26(19-37)31(35)38/h4-14,16-19,23,29-30H,15,20-22H2,1-3H3,(H2,35,38)(H,36,40)/t23?,29?,30-,34?,47?/m1/s1. The molecule has 13 heteroatoms. The molecule has 3 aromatic carbocycles. The van der Waals surface area contributed by atoms with Crippen molar-refractivity contribution in [2.75, 3.05) is 13.2 Å². The number of nitrogens with zero attached hydrogens (tertiary/aromatic N) is 1. The fraction of sp³-hybridized carbons (Fsp3) is 0.353. The minimum Gasteiger partial charge on any atom is -0.460 e. The lowest BCUT2D eigenvalue weighted by molar-refractivity contribution is -0.208. The van der Waals surface area contributed by atoms with E-state index in [0.717, 1.165) is 10.9 Å². The van der Waals surface area contributed by atoms with Gasteiger partial charge in [0.25, 0.3) is 0 Å². The van der Waals surface area contributed by atoms with Crippen LogP contribution in [0.25, 0.3) is 10.8 Å². The van der Waals surface area contributed by atoms with Crippen molar-refractivity contribution in [3.8, 4) is 5.75 Å². The number of allylic oxidation sites excluding steroid dienone is 1. The molecule has 4 unspecified atom stereocenters. The molecule has 3 heterocycles. The van der Waals surface area contributed by atoms with E-state index < -0.39 is 49.4 Å². The monoisotopic (exact) mass is 663 g/mol. The topological polar surface area (TPSA) is 148 Å². The van der Waals surface area contributed by atoms with Gasteiger partial charge in [0.05, 0.1) is 13.2 Å². The third-order valence-corrected chi connectivity index (χ3v) is 9.71. The van der Waals surface area contributed by atoms with Crippen LogP contribution in [0.3, 0.4) is 0 Å². The summed E-state index contributed by atoms with van der Waals surface area (Å²) in [4.78, 5) is 26.7. The van der Waals surface area contributed by atoms with Crippen molar-refractivity contribution in [3.63, 3.8) is 0 Å². The number of carbonyl (C=O) groups excluding carboxylic acids is 2. The van der Waals surface area contributed by atoms with E-state index in [9.17, 15) is 14.2 Å². The van der Waals surface area contributed by atoms with E-state index in [2.05, 4.69) is 5.09 Å². The third kappa shape index (κ3) is 7.13. The number of nitrogens with two attached hydrogens (primary N) is 1. The summed E-state index contributed by atoms with van der Waals surface area (Å²) in [5, 5.41) is 4.34. The van der Waals surface area contributed by atoms with E-state index in [1.165, 1.54) is 6.92 Å². The molecule has 3 aliphatic heterocycles. The van der Waals surface area contributed by atoms with Gasteiger partial charge in [-0.25, -0.2) is 4.57 Å². The van der Waals surface area contributed by atoms with E-state index in [-0.39, 0.29) is 19.8 Å². The maximum absolute atomic E-state index is 14.5. The van der Waals surface area contributed by atoms with Crippen LogP contribution in [0.5, 0.6) is 5.75 Å². The number of nitrogens with one attached hydrogen (secondary N) is 1. The molecular weight excluding hydrogens is 625 g/mol. The van der Waals surface area contributed by atoms with Gasteiger partial charge >= 0.3 is 13.7 Å². The van der Waals surface area contributed by atoms with Crippen LogP contribution in [-0.2, 0) is 44.2 Å². The number of ether oxygens (including phenoxy) is 4. The maximum Gasteiger partial charge on any atom is 0.459 e. The van der Waals surface area contributed by atoms with Gasteiger partial charge in [-0.15, -0.1) is 0 Å². The molecular formula is C34H38N3O9P. The van der Waals surface area contributed by atoms with Crippen molar-refractivity contribution in [2.45, 2.75) is 63.6 Å². The number of esters is 1. The molecule has 0 spiro atoms. The Labute approximate surface area is 273 Å². The summed E-state index contributed by atoms with van der Waals surface area (Å²) in [5.41, 5.74) is 5.63. The highest BCUT2D eigenvalue weighted by molar-refractivity contribution is 7.52. The highest BCUT2D eigenvalue weighted by Crippen LogP contribution is 2.50. The van der Waals surface area contributed by atoms with Crippen LogP contribution in [0.15, 0.2) is 96.8 Å². The Kier molecular flexibility index (Phi) is 9.26. The number of hydrogen-bond donors (Lipinski definition) is 2. The average molecular weight is 664 g/mol. The third-order valence-electron chi connectivity index (χ3n) is 8.08. The maximum atomic E-state index is 14.5. The van der Waals surface area contributed by atoms with Crippen LogP contribution < -0.4 is 15.3 Å². The summed E-state index contributed by atoms with van der Waals surface area (Å²) < 4.78 is 51.0. The Morgan fingerprint density at radius 3 is 2.62 bits per heavy atom. The predicted octanol–water partition coefficient (Wildman–Crippen LogP) is 4.90. The number of rotatable bonds is 12. The van der Waals surface area contributed by atoms with Gasteiger partial charge < -0.3 is 34.1 Å². The molecule has 0 radical (unpaired) electrons. The minimum absolute atomic E-state index is 0.0463. The molecule has 0 bridgehead atoms. The van der Waals surface area contributed by atoms with Crippen molar-refractivity contribution in [2.24, 2.45) is 5.73 Å². The quantitative estimate of drug-likeness (QED) is 0.201. The highest BCUT2D eigenvalue weighted by atomic mass is 31.2. The lowest BCUT2D eigenvalue weighted by Crippen LogP contribution is -2.53. The predicted molar refractivity (Wildman–Crippen MR) is 172 cm³/mol. The summed E-state index contributed by atoms with van der Waals surface area (Å²) in [6.07, 6.45) is 4.10. The van der Waals surface area contributed by atoms with Gasteiger partial charge in [0.1, 0.15) is 30.6 Å². The Bertz CT molecular complexity index is 1740. The second kappa shape index (κ2) is 13.2. The molecule has 3 aromatic rings. The first-order chi connectivity index (χ1) is 22.5. The second-order valence-electron chi connectivity index (χ2n) is 12.1. The molecule has 1 amide bonds. The van der Waals surface area contributed by atoms with E-state index in [4.69, 9.17) is 33.7 Å². The van der Waals surface area contributed by atoms with Crippen LogP contribution in [0.4, 0.5) is 0 Å². The zero-order chi connectivity index (χ0) is 33.2. The first-order valence-electron chi connectivity index (χ1n) is 15.3. The summed E-state index contributed by atoms with van der Waals surface area (Å²) in [7, 11) is -4.28. The van der Waals surface area contributed by atoms with Crippen molar-refractivity contribution >= 4 is 30.4 Å². The molecule has 248 valence electrons. The molecule has 6 rings (SSSR count). The highest BCUT2D eigenvalue weighted by Gasteiger charge is 2.64. The molecule has 3 aliphatic rings. The summed E-state index contributed by atoms with van der Waals surface area (Å²) >= 11 is 0. The van der Waals surface area contributed by atoms with E-state index in [1.54, 1.807) is 49.4 Å². The molecule has 0 aliphatic carbocycles. The van der Waals surface area contributed by atoms with Gasteiger partial charge in [-0.3, -0.25) is 14.1 Å². The number of hydrogen-bond acceptors (Lipinski definition) is 10. The lowest BCUT2D eigenvalue weighted by Gasteiger charge is -2.37. The van der Waals surface area contributed by atoms with Gasteiger partial charge in [0.15, 0.2) is 11.5 Å². The Balaban J connectivity index is 1.23. The second-order valence-corrected chi connectivity index (χ2v) is 13.7. The molecule has 47 heavy (non-hydrogen) atoms.